The number of nitrogens with zero attached hydrogens (tertiary/aromatic N) is 1. The second-order valence-electron chi connectivity index (χ2n) is 5.40. The summed E-state index contributed by atoms with van der Waals surface area (Å²) in [5.41, 5.74) is 3.90. The Balaban J connectivity index is 0.00000192. The maximum absolute atomic E-state index is 12.1. The van der Waals surface area contributed by atoms with Gasteiger partial charge in [-0.05, 0) is 13.0 Å². The van der Waals surface area contributed by atoms with Crippen LogP contribution < -0.4 is 17.7 Å². The molecule has 0 atom stereocenters. The van der Waals surface area contributed by atoms with Crippen molar-refractivity contribution in [1.82, 2.24) is 4.98 Å². The summed E-state index contributed by atoms with van der Waals surface area (Å²) >= 11 is 0. The molecule has 2 N–H and O–H groups in total. The van der Waals surface area contributed by atoms with E-state index in [1.54, 1.807) is 0 Å². The summed E-state index contributed by atoms with van der Waals surface area (Å²) in [6.45, 7) is 2.72. The summed E-state index contributed by atoms with van der Waals surface area (Å²) in [5, 5.41) is 3.24. The van der Waals surface area contributed by atoms with Gasteiger partial charge in [0, 0.05) is 22.7 Å². The third kappa shape index (κ3) is 4.15. The molecule has 0 bridgehead atoms. The molecule has 0 unspecified atom stereocenters. The molecule has 0 aliphatic rings. The lowest BCUT2D eigenvalue weighted by molar-refractivity contribution is -0.568. The Morgan fingerprint density at radius 1 is 1.00 bits per heavy atom. The zero-order valence-corrected chi connectivity index (χ0v) is 13.8. The van der Waals surface area contributed by atoms with Crippen LogP contribution in [0.4, 0.5) is 5.69 Å². The molecule has 3 aromatic rings. The molecule has 0 fully saturated rings. The van der Waals surface area contributed by atoms with Crippen LogP contribution >= 0.6 is 0 Å². The van der Waals surface area contributed by atoms with Crippen LogP contribution in [0.2, 0.25) is 0 Å². The van der Waals surface area contributed by atoms with Crippen molar-refractivity contribution in [1.29, 1.82) is 0 Å². The number of quaternary nitrogens is 1. The highest BCUT2D eigenvalue weighted by Gasteiger charge is 2.09. The molecule has 2 aromatic carbocycles. The molecule has 1 heterocycles. The fraction of sp³-hybridized carbons (Fsp3) is 0.158. The van der Waals surface area contributed by atoms with Crippen LogP contribution in [0.3, 0.4) is 0 Å². The van der Waals surface area contributed by atoms with Crippen LogP contribution in [0.25, 0.3) is 10.9 Å². The number of Topliss-reactive ketones (excluding diaryl/α,β-unsaturated/α-hetero) is 1. The number of para-hydroxylation sites is 1. The first-order valence-electron chi connectivity index (χ1n) is 7.52. The summed E-state index contributed by atoms with van der Waals surface area (Å²) in [6.07, 6.45) is 0.520. The number of fused-ring (bicyclic) bond motifs is 1. The standard InChI is InChI=1S/C19H18N2O.ClH/c1-14-10-11-16-8-5-9-17(19(16)21-14)20-13-12-18(22)15-6-3-2-4-7-15;/h2-11,20H,12-13H2,1H3;1H. The highest BCUT2D eigenvalue weighted by atomic mass is 35.5. The van der Waals surface area contributed by atoms with E-state index in [9.17, 15) is 4.79 Å². The Morgan fingerprint density at radius 3 is 2.57 bits per heavy atom. The average molecular weight is 327 g/mol. The van der Waals surface area contributed by atoms with Crippen LogP contribution in [0, 0.1) is 6.92 Å². The van der Waals surface area contributed by atoms with Crippen molar-refractivity contribution in [3.63, 3.8) is 0 Å². The molecule has 0 saturated heterocycles. The smallest absolute Gasteiger partial charge is 0.168 e. The molecule has 23 heavy (non-hydrogen) atoms. The monoisotopic (exact) mass is 326 g/mol. The predicted octanol–water partition coefficient (Wildman–Crippen LogP) is 0.0151. The number of halogens is 1. The second kappa shape index (κ2) is 7.86. The number of pyridine rings is 1. The van der Waals surface area contributed by atoms with Crippen molar-refractivity contribution in [3.05, 3.63) is 71.9 Å². The molecule has 3 rings (SSSR count). The summed E-state index contributed by atoms with van der Waals surface area (Å²) in [5.74, 6) is 0.182. The Labute approximate surface area is 142 Å². The highest BCUT2D eigenvalue weighted by molar-refractivity contribution is 5.96. The van der Waals surface area contributed by atoms with Crippen molar-refractivity contribution < 1.29 is 22.5 Å². The first-order chi connectivity index (χ1) is 10.7. The molecule has 1 aromatic heterocycles. The lowest BCUT2D eigenvalue weighted by atomic mass is 10.1. The normalized spacial score (nSPS) is 10.3. The zero-order chi connectivity index (χ0) is 15.4. The van der Waals surface area contributed by atoms with Crippen LogP contribution in [0.1, 0.15) is 22.5 Å². The maximum atomic E-state index is 12.1. The third-order valence-corrected chi connectivity index (χ3v) is 3.72. The highest BCUT2D eigenvalue weighted by Crippen LogP contribution is 2.17. The van der Waals surface area contributed by atoms with Gasteiger partial charge < -0.3 is 17.7 Å². The van der Waals surface area contributed by atoms with E-state index in [-0.39, 0.29) is 18.2 Å². The van der Waals surface area contributed by atoms with Crippen LogP contribution in [0.5, 0.6) is 0 Å². The summed E-state index contributed by atoms with van der Waals surface area (Å²) in [4.78, 5) is 16.7. The number of benzene rings is 2. The van der Waals surface area contributed by atoms with Gasteiger partial charge in [0.05, 0.1) is 13.0 Å². The van der Waals surface area contributed by atoms with Gasteiger partial charge in [-0.25, -0.2) is 4.98 Å². The first kappa shape index (κ1) is 17.1. The van der Waals surface area contributed by atoms with Crippen molar-refractivity contribution >= 4 is 22.4 Å². The van der Waals surface area contributed by atoms with Gasteiger partial charge in [-0.2, -0.15) is 0 Å². The number of hydrogen-bond donors (Lipinski definition) is 1. The van der Waals surface area contributed by atoms with Crippen molar-refractivity contribution in [2.45, 2.75) is 13.3 Å². The molecule has 0 radical (unpaired) electrons. The van der Waals surface area contributed by atoms with Gasteiger partial charge in [-0.15, -0.1) is 0 Å². The third-order valence-electron chi connectivity index (χ3n) is 3.72. The predicted molar refractivity (Wildman–Crippen MR) is 88.3 cm³/mol. The van der Waals surface area contributed by atoms with Crippen molar-refractivity contribution in [2.75, 3.05) is 6.54 Å². The van der Waals surface area contributed by atoms with E-state index in [0.717, 1.165) is 34.4 Å². The van der Waals surface area contributed by atoms with Gasteiger partial charge in [0.2, 0.25) is 0 Å². The average Bonchev–Trinajstić information content (AvgIpc) is 2.56. The number of aromatic nitrogens is 1. The molecular weight excluding hydrogens is 308 g/mol. The molecule has 0 saturated carbocycles. The minimum absolute atomic E-state index is 0. The number of nitrogens with two attached hydrogens (primary N) is 1. The van der Waals surface area contributed by atoms with Gasteiger partial charge in [-0.1, -0.05) is 48.5 Å². The fourth-order valence-electron chi connectivity index (χ4n) is 2.56. The molecule has 118 valence electrons. The zero-order valence-electron chi connectivity index (χ0n) is 13.0. The lowest BCUT2D eigenvalue weighted by Crippen LogP contribution is -3.00. The number of rotatable bonds is 5. The molecular formula is C19H19ClN2O. The minimum Gasteiger partial charge on any atom is -1.00 e. The molecule has 0 spiro atoms. The van der Waals surface area contributed by atoms with Crippen LogP contribution in [-0.2, 0) is 0 Å². The van der Waals surface area contributed by atoms with E-state index in [1.165, 1.54) is 0 Å². The fourth-order valence-corrected chi connectivity index (χ4v) is 2.56. The number of carbonyl (C=O) groups excluding carboxylic acids is 1. The maximum Gasteiger partial charge on any atom is 0.168 e. The van der Waals surface area contributed by atoms with Gasteiger partial charge in [0.25, 0.3) is 0 Å². The summed E-state index contributed by atoms with van der Waals surface area (Å²) in [7, 11) is 0. The number of aryl methyl sites for hydroxylation is 1. The van der Waals surface area contributed by atoms with Gasteiger partial charge in [0.1, 0.15) is 5.52 Å². The molecule has 4 heteroatoms. The number of ketones is 1. The largest absolute Gasteiger partial charge is 1.00 e. The topological polar surface area (TPSA) is 46.6 Å². The summed E-state index contributed by atoms with van der Waals surface area (Å²) in [6, 6.07) is 19.7. The molecule has 0 amide bonds. The molecule has 3 nitrogen and oxygen atoms in total. The van der Waals surface area contributed by atoms with Gasteiger partial charge in [0.15, 0.2) is 11.5 Å². The van der Waals surface area contributed by atoms with E-state index in [1.807, 2.05) is 49.4 Å². The quantitative estimate of drug-likeness (QED) is 0.530. The first-order valence-corrected chi connectivity index (χ1v) is 7.52. The number of hydrogen-bond acceptors (Lipinski definition) is 2. The lowest BCUT2D eigenvalue weighted by Gasteiger charge is -2.05. The minimum atomic E-state index is 0. The van der Waals surface area contributed by atoms with E-state index in [2.05, 4.69) is 28.5 Å². The van der Waals surface area contributed by atoms with E-state index in [4.69, 9.17) is 0 Å². The Hall–Kier alpha value is -2.23. The molecule has 0 aliphatic carbocycles. The van der Waals surface area contributed by atoms with Gasteiger partial charge >= 0.3 is 0 Å². The Kier molecular flexibility index (Phi) is 5.85. The van der Waals surface area contributed by atoms with Crippen molar-refractivity contribution in [3.8, 4) is 0 Å². The Bertz CT molecular complexity index is 803. The van der Waals surface area contributed by atoms with Crippen LogP contribution in [-0.4, -0.2) is 17.3 Å². The molecule has 0 aliphatic heterocycles. The van der Waals surface area contributed by atoms with Gasteiger partial charge in [-0.3, -0.25) is 4.79 Å². The van der Waals surface area contributed by atoms with Crippen molar-refractivity contribution in [2.24, 2.45) is 0 Å². The SMILES string of the molecule is Cc1ccc2cccc([NH2+]CCC(=O)c3ccccc3)c2n1.[Cl-]. The number of carbonyl (C=O) groups is 1. The Morgan fingerprint density at radius 2 is 1.78 bits per heavy atom. The summed E-state index contributed by atoms with van der Waals surface area (Å²) < 4.78 is 0. The van der Waals surface area contributed by atoms with E-state index >= 15 is 0 Å². The van der Waals surface area contributed by atoms with E-state index in [0.29, 0.717) is 6.42 Å². The van der Waals surface area contributed by atoms with E-state index < -0.39 is 0 Å². The van der Waals surface area contributed by atoms with Crippen LogP contribution in [0.15, 0.2) is 60.7 Å². The second-order valence-corrected chi connectivity index (χ2v) is 5.40.